The van der Waals surface area contributed by atoms with E-state index in [0.29, 0.717) is 6.04 Å². The molecular formula is C14H22N2. The highest BCUT2D eigenvalue weighted by molar-refractivity contribution is 5.50. The fourth-order valence-corrected chi connectivity index (χ4v) is 2.31. The zero-order valence-electron chi connectivity index (χ0n) is 10.6. The molecule has 1 N–H and O–H groups in total. The van der Waals surface area contributed by atoms with Crippen molar-refractivity contribution in [1.82, 2.24) is 5.32 Å². The first-order valence-corrected chi connectivity index (χ1v) is 6.18. The lowest BCUT2D eigenvalue weighted by Gasteiger charge is -2.24. The fourth-order valence-electron chi connectivity index (χ4n) is 2.31. The summed E-state index contributed by atoms with van der Waals surface area (Å²) in [6.45, 7) is 6.64. The molecule has 0 aromatic heterocycles. The van der Waals surface area contributed by atoms with Gasteiger partial charge in [-0.15, -0.1) is 0 Å². The average molecular weight is 218 g/mol. The third kappa shape index (κ3) is 2.56. The van der Waals surface area contributed by atoms with Crippen molar-refractivity contribution in [2.24, 2.45) is 0 Å². The maximum absolute atomic E-state index is 3.54. The number of anilines is 1. The molecule has 2 heteroatoms. The van der Waals surface area contributed by atoms with Gasteiger partial charge in [0.2, 0.25) is 0 Å². The van der Waals surface area contributed by atoms with Crippen LogP contribution in [0.4, 0.5) is 5.69 Å². The zero-order chi connectivity index (χ0) is 11.5. The van der Waals surface area contributed by atoms with Crippen LogP contribution in [0.15, 0.2) is 18.2 Å². The van der Waals surface area contributed by atoms with Crippen molar-refractivity contribution in [2.75, 3.05) is 25.0 Å². The van der Waals surface area contributed by atoms with Crippen LogP contribution in [0.25, 0.3) is 0 Å². The second kappa shape index (κ2) is 4.88. The van der Waals surface area contributed by atoms with Gasteiger partial charge in [-0.25, -0.2) is 0 Å². The Labute approximate surface area is 98.7 Å². The lowest BCUT2D eigenvalue weighted by Crippen LogP contribution is -2.35. The van der Waals surface area contributed by atoms with Crippen LogP contribution < -0.4 is 10.2 Å². The van der Waals surface area contributed by atoms with Crippen LogP contribution >= 0.6 is 0 Å². The summed E-state index contributed by atoms with van der Waals surface area (Å²) < 4.78 is 0. The third-order valence-corrected chi connectivity index (χ3v) is 3.59. The van der Waals surface area contributed by atoms with Crippen molar-refractivity contribution >= 4 is 5.69 Å². The molecule has 1 atom stereocenters. The van der Waals surface area contributed by atoms with E-state index in [1.165, 1.54) is 36.2 Å². The lowest BCUT2D eigenvalue weighted by atomic mass is 10.1. The Kier molecular flexibility index (Phi) is 3.49. The number of hydrogen-bond acceptors (Lipinski definition) is 2. The Morgan fingerprint density at radius 2 is 2.12 bits per heavy atom. The van der Waals surface area contributed by atoms with Crippen LogP contribution in [0.3, 0.4) is 0 Å². The van der Waals surface area contributed by atoms with Gasteiger partial charge in [0.15, 0.2) is 0 Å². The van der Waals surface area contributed by atoms with Crippen molar-refractivity contribution < 1.29 is 0 Å². The van der Waals surface area contributed by atoms with E-state index in [-0.39, 0.29) is 0 Å². The molecule has 1 saturated heterocycles. The summed E-state index contributed by atoms with van der Waals surface area (Å²) >= 11 is 0. The predicted molar refractivity (Wildman–Crippen MR) is 70.2 cm³/mol. The summed E-state index contributed by atoms with van der Waals surface area (Å²) in [4.78, 5) is 2.36. The molecular weight excluding hydrogens is 196 g/mol. The van der Waals surface area contributed by atoms with Crippen molar-refractivity contribution in [3.63, 3.8) is 0 Å². The molecule has 1 unspecified atom stereocenters. The Balaban J connectivity index is 2.02. The third-order valence-electron chi connectivity index (χ3n) is 3.59. The number of aryl methyl sites for hydroxylation is 2. The topological polar surface area (TPSA) is 15.3 Å². The maximum Gasteiger partial charge on any atom is 0.0366 e. The van der Waals surface area contributed by atoms with E-state index < -0.39 is 0 Å². The number of rotatable bonds is 3. The normalized spacial score (nSPS) is 20.1. The van der Waals surface area contributed by atoms with Crippen LogP contribution in [0.2, 0.25) is 0 Å². The van der Waals surface area contributed by atoms with Gasteiger partial charge in [0.1, 0.15) is 0 Å². The number of hydrogen-bond donors (Lipinski definition) is 1. The summed E-state index contributed by atoms with van der Waals surface area (Å²) in [5.74, 6) is 0. The second-order valence-electron chi connectivity index (χ2n) is 4.94. The summed E-state index contributed by atoms with van der Waals surface area (Å²) in [7, 11) is 2.18. The summed E-state index contributed by atoms with van der Waals surface area (Å²) in [6.07, 6.45) is 2.64. The summed E-state index contributed by atoms with van der Waals surface area (Å²) in [6, 6.07) is 7.39. The Bertz CT molecular complexity index is 354. The van der Waals surface area contributed by atoms with E-state index in [9.17, 15) is 0 Å². The molecule has 1 aromatic rings. The minimum atomic E-state index is 0.673. The molecule has 0 bridgehead atoms. The molecule has 0 amide bonds. The molecule has 16 heavy (non-hydrogen) atoms. The first-order chi connectivity index (χ1) is 7.66. The van der Waals surface area contributed by atoms with E-state index >= 15 is 0 Å². The number of likely N-dealkylation sites (N-methyl/N-ethyl adjacent to an activating group) is 1. The molecule has 0 aliphatic carbocycles. The fraction of sp³-hybridized carbons (Fsp3) is 0.571. The first kappa shape index (κ1) is 11.5. The van der Waals surface area contributed by atoms with E-state index in [0.717, 1.165) is 6.54 Å². The summed E-state index contributed by atoms with van der Waals surface area (Å²) in [5, 5.41) is 3.54. The van der Waals surface area contributed by atoms with Crippen LogP contribution in [0, 0.1) is 13.8 Å². The van der Waals surface area contributed by atoms with Gasteiger partial charge in [0.25, 0.3) is 0 Å². The predicted octanol–water partition coefficient (Wildman–Crippen LogP) is 2.49. The maximum atomic E-state index is 3.54. The van der Waals surface area contributed by atoms with Crippen LogP contribution in [0.1, 0.15) is 24.0 Å². The molecule has 1 aliphatic heterocycles. The van der Waals surface area contributed by atoms with Crippen molar-refractivity contribution in [3.8, 4) is 0 Å². The van der Waals surface area contributed by atoms with Gasteiger partial charge < -0.3 is 10.2 Å². The van der Waals surface area contributed by atoms with Gasteiger partial charge >= 0.3 is 0 Å². The Morgan fingerprint density at radius 1 is 1.31 bits per heavy atom. The standard InChI is InChI=1S/C14H22N2/c1-11-6-7-14(9-12(11)2)16(3)10-13-5-4-8-15-13/h6-7,9,13,15H,4-5,8,10H2,1-3H3. The van der Waals surface area contributed by atoms with Gasteiger partial charge in [-0.05, 0) is 56.5 Å². The molecule has 88 valence electrons. The van der Waals surface area contributed by atoms with E-state index in [1.54, 1.807) is 0 Å². The monoisotopic (exact) mass is 218 g/mol. The van der Waals surface area contributed by atoms with Crippen LogP contribution in [0.5, 0.6) is 0 Å². The molecule has 2 rings (SSSR count). The number of benzene rings is 1. The van der Waals surface area contributed by atoms with E-state index in [4.69, 9.17) is 0 Å². The summed E-state index contributed by atoms with van der Waals surface area (Å²) in [5.41, 5.74) is 4.08. The van der Waals surface area contributed by atoms with Crippen molar-refractivity contribution in [1.29, 1.82) is 0 Å². The van der Waals surface area contributed by atoms with Crippen molar-refractivity contribution in [2.45, 2.75) is 32.7 Å². The Morgan fingerprint density at radius 3 is 2.75 bits per heavy atom. The molecule has 1 heterocycles. The van der Waals surface area contributed by atoms with Crippen LogP contribution in [-0.2, 0) is 0 Å². The van der Waals surface area contributed by atoms with Gasteiger partial charge in [-0.3, -0.25) is 0 Å². The number of nitrogens with one attached hydrogen (secondary N) is 1. The largest absolute Gasteiger partial charge is 0.373 e. The molecule has 0 radical (unpaired) electrons. The zero-order valence-corrected chi connectivity index (χ0v) is 10.6. The highest BCUT2D eigenvalue weighted by Crippen LogP contribution is 2.18. The van der Waals surface area contributed by atoms with Crippen molar-refractivity contribution in [3.05, 3.63) is 29.3 Å². The van der Waals surface area contributed by atoms with Gasteiger partial charge in [-0.2, -0.15) is 0 Å². The second-order valence-corrected chi connectivity index (χ2v) is 4.94. The highest BCUT2D eigenvalue weighted by atomic mass is 15.1. The minimum absolute atomic E-state index is 0.673. The quantitative estimate of drug-likeness (QED) is 0.838. The molecule has 1 fully saturated rings. The highest BCUT2D eigenvalue weighted by Gasteiger charge is 2.16. The minimum Gasteiger partial charge on any atom is -0.373 e. The van der Waals surface area contributed by atoms with Crippen LogP contribution in [-0.4, -0.2) is 26.2 Å². The first-order valence-electron chi connectivity index (χ1n) is 6.18. The smallest absolute Gasteiger partial charge is 0.0366 e. The number of nitrogens with zero attached hydrogens (tertiary/aromatic N) is 1. The lowest BCUT2D eigenvalue weighted by molar-refractivity contribution is 0.600. The SMILES string of the molecule is Cc1ccc(N(C)CC2CCCN2)cc1C. The molecule has 0 spiro atoms. The van der Waals surface area contributed by atoms with Gasteiger partial charge in [0.05, 0.1) is 0 Å². The van der Waals surface area contributed by atoms with E-state index in [2.05, 4.69) is 49.3 Å². The molecule has 0 saturated carbocycles. The Hall–Kier alpha value is -1.02. The van der Waals surface area contributed by atoms with Gasteiger partial charge in [-0.1, -0.05) is 6.07 Å². The molecule has 1 aromatic carbocycles. The van der Waals surface area contributed by atoms with Gasteiger partial charge in [0, 0.05) is 25.3 Å². The van der Waals surface area contributed by atoms with E-state index in [1.807, 2.05) is 0 Å². The molecule has 1 aliphatic rings. The molecule has 2 nitrogen and oxygen atoms in total. The average Bonchev–Trinajstić information content (AvgIpc) is 2.74.